The zero-order chi connectivity index (χ0) is 17.1. The third kappa shape index (κ3) is 3.45. The van der Waals surface area contributed by atoms with Crippen LogP contribution < -0.4 is 4.90 Å². The third-order valence-corrected chi connectivity index (χ3v) is 3.92. The first-order valence-electron chi connectivity index (χ1n) is 6.51. The number of guanidine groups is 1. The lowest BCUT2D eigenvalue weighted by Crippen LogP contribution is -2.48. The van der Waals surface area contributed by atoms with Crippen LogP contribution in [0.15, 0.2) is 29.2 Å². The number of amides is 1. The molecule has 0 unspecified atom stereocenters. The number of alkyl halides is 2. The van der Waals surface area contributed by atoms with Gasteiger partial charge in [-0.15, -0.1) is 0 Å². The molecule has 3 rings (SSSR count). The molecule has 0 radical (unpaired) electrons. The Hall–Kier alpha value is -1.73. The lowest BCUT2D eigenvalue weighted by molar-refractivity contribution is -0.113. The molecule has 1 amide bonds. The molecule has 0 saturated carbocycles. The van der Waals surface area contributed by atoms with Gasteiger partial charge in [0.05, 0.1) is 23.3 Å². The minimum Gasteiger partial charge on any atom is -0.286 e. The van der Waals surface area contributed by atoms with Gasteiger partial charge in [-0.25, -0.2) is 13.7 Å². The molecular weight excluding hydrogens is 354 g/mol. The van der Waals surface area contributed by atoms with Crippen LogP contribution in [0.4, 0.5) is 18.9 Å². The van der Waals surface area contributed by atoms with E-state index in [0.717, 1.165) is 11.6 Å². The lowest BCUT2D eigenvalue weighted by Gasteiger charge is -2.31. The smallest absolute Gasteiger partial charge is 0.262 e. The monoisotopic (exact) mass is 365 g/mol. The molecule has 0 fully saturated rings. The Labute approximate surface area is 140 Å². The first-order chi connectivity index (χ1) is 10.9. The van der Waals surface area contributed by atoms with Crippen molar-refractivity contribution in [2.75, 3.05) is 24.9 Å². The number of hydrogen-bond donors (Lipinski definition) is 0. The molecule has 2 aliphatic heterocycles. The molecule has 1 aromatic carbocycles. The fourth-order valence-corrected chi connectivity index (χ4v) is 2.68. The summed E-state index contributed by atoms with van der Waals surface area (Å²) in [4.78, 5) is 18.9. The Morgan fingerprint density at radius 2 is 1.91 bits per heavy atom. The van der Waals surface area contributed by atoms with E-state index in [4.69, 9.17) is 23.2 Å². The summed E-state index contributed by atoms with van der Waals surface area (Å²) in [5, 5.41) is 0.828. The number of nitrogens with zero attached hydrogens (tertiary/aromatic N) is 3. The first-order valence-corrected chi connectivity index (χ1v) is 7.27. The average Bonchev–Trinajstić information content (AvgIpc) is 2.95. The van der Waals surface area contributed by atoms with Crippen LogP contribution in [-0.4, -0.2) is 36.8 Å². The van der Waals surface area contributed by atoms with Crippen molar-refractivity contribution in [3.63, 3.8) is 0 Å². The second-order valence-electron chi connectivity index (χ2n) is 4.63. The van der Waals surface area contributed by atoms with Gasteiger partial charge in [0.25, 0.3) is 5.91 Å². The second kappa shape index (κ2) is 7.23. The number of rotatable bonds is 1. The molecule has 4 nitrogen and oxygen atoms in total. The van der Waals surface area contributed by atoms with E-state index >= 15 is 0 Å². The van der Waals surface area contributed by atoms with Gasteiger partial charge in [-0.3, -0.25) is 14.7 Å². The quantitative estimate of drug-likeness (QED) is 0.704. The van der Waals surface area contributed by atoms with Gasteiger partial charge in [-0.2, -0.15) is 4.39 Å². The molecule has 0 saturated heterocycles. The molecule has 0 spiro atoms. The van der Waals surface area contributed by atoms with Crippen molar-refractivity contribution < 1.29 is 18.0 Å². The molecule has 0 aromatic heterocycles. The van der Waals surface area contributed by atoms with Crippen molar-refractivity contribution >= 4 is 40.8 Å². The van der Waals surface area contributed by atoms with Crippen LogP contribution >= 0.6 is 23.2 Å². The van der Waals surface area contributed by atoms with Crippen LogP contribution in [0, 0.1) is 6.92 Å². The third-order valence-electron chi connectivity index (χ3n) is 3.21. The van der Waals surface area contributed by atoms with Crippen LogP contribution in [0.3, 0.4) is 0 Å². The van der Waals surface area contributed by atoms with E-state index in [0.29, 0.717) is 28.8 Å². The highest BCUT2D eigenvalue weighted by atomic mass is 35.5. The van der Waals surface area contributed by atoms with Gasteiger partial charge in [-0.1, -0.05) is 23.2 Å². The Kier molecular flexibility index (Phi) is 5.54. The van der Waals surface area contributed by atoms with E-state index in [1.165, 1.54) is 9.80 Å². The number of halogens is 5. The van der Waals surface area contributed by atoms with Crippen molar-refractivity contribution in [2.24, 2.45) is 4.99 Å². The number of aliphatic imine (C=N–C) groups is 1. The SMILES string of the molecule is Cc1cc(N2C(=O)C=C(F)N3CCN=C32)c(Cl)cc1Cl.FCF. The summed E-state index contributed by atoms with van der Waals surface area (Å²) in [5.74, 6) is -0.842. The molecule has 0 atom stereocenters. The van der Waals surface area contributed by atoms with Crippen LogP contribution in [0.25, 0.3) is 0 Å². The zero-order valence-corrected chi connectivity index (χ0v) is 13.5. The van der Waals surface area contributed by atoms with Gasteiger partial charge >= 0.3 is 0 Å². The summed E-state index contributed by atoms with van der Waals surface area (Å²) in [6, 6.07) is 3.26. The maximum atomic E-state index is 13.7. The first kappa shape index (κ1) is 17.6. The van der Waals surface area contributed by atoms with Gasteiger partial charge in [0.2, 0.25) is 18.8 Å². The number of hydrogen-bond acceptors (Lipinski definition) is 3. The van der Waals surface area contributed by atoms with Crippen molar-refractivity contribution in [3.05, 3.63) is 39.8 Å². The highest BCUT2D eigenvalue weighted by Gasteiger charge is 2.36. The maximum absolute atomic E-state index is 13.7. The molecule has 0 bridgehead atoms. The Bertz CT molecular complexity index is 694. The van der Waals surface area contributed by atoms with Gasteiger partial charge in [-0.05, 0) is 24.6 Å². The lowest BCUT2D eigenvalue weighted by atomic mass is 10.2. The molecule has 0 aliphatic carbocycles. The minimum atomic E-state index is -1.75. The van der Waals surface area contributed by atoms with Crippen LogP contribution in [-0.2, 0) is 4.79 Å². The maximum Gasteiger partial charge on any atom is 0.262 e. The predicted molar refractivity (Wildman–Crippen MR) is 84.0 cm³/mol. The minimum absolute atomic E-state index is 0.263. The molecule has 1 aromatic rings. The van der Waals surface area contributed by atoms with Crippen LogP contribution in [0.1, 0.15) is 5.56 Å². The van der Waals surface area contributed by atoms with Crippen molar-refractivity contribution in [2.45, 2.75) is 6.92 Å². The van der Waals surface area contributed by atoms with E-state index < -0.39 is 18.8 Å². The summed E-state index contributed by atoms with van der Waals surface area (Å²) in [6.07, 6.45) is 0.935. The summed E-state index contributed by atoms with van der Waals surface area (Å²) in [7, 11) is 0. The van der Waals surface area contributed by atoms with Gasteiger partial charge in [0, 0.05) is 11.6 Å². The fraction of sp³-hybridized carbons (Fsp3) is 0.286. The van der Waals surface area contributed by atoms with Crippen molar-refractivity contribution in [3.8, 4) is 0 Å². The number of aryl methyl sites for hydroxylation is 1. The molecular formula is C14H12Cl2F3N3O. The second-order valence-corrected chi connectivity index (χ2v) is 5.44. The van der Waals surface area contributed by atoms with Crippen molar-refractivity contribution in [1.29, 1.82) is 0 Å². The molecule has 9 heteroatoms. The Morgan fingerprint density at radius 1 is 1.26 bits per heavy atom. The Balaban J connectivity index is 0.000000595. The number of benzene rings is 1. The molecule has 2 heterocycles. The van der Waals surface area contributed by atoms with E-state index in [2.05, 4.69) is 4.99 Å². The van der Waals surface area contributed by atoms with Gasteiger partial charge in [0.1, 0.15) is 0 Å². The van der Waals surface area contributed by atoms with Crippen molar-refractivity contribution in [1.82, 2.24) is 4.90 Å². The average molecular weight is 366 g/mol. The van der Waals surface area contributed by atoms with Gasteiger partial charge < -0.3 is 0 Å². The van der Waals surface area contributed by atoms with E-state index in [1.807, 2.05) is 0 Å². The highest BCUT2D eigenvalue weighted by molar-refractivity contribution is 6.38. The number of carbonyl (C=O) groups excluding carboxylic acids is 1. The van der Waals surface area contributed by atoms with E-state index in [9.17, 15) is 18.0 Å². The summed E-state index contributed by atoms with van der Waals surface area (Å²) >= 11 is 12.2. The number of fused-ring (bicyclic) bond motifs is 1. The number of carbonyl (C=O) groups is 1. The molecule has 23 heavy (non-hydrogen) atoms. The molecule has 2 aliphatic rings. The molecule has 124 valence electrons. The van der Waals surface area contributed by atoms with Crippen LogP contribution in [0.5, 0.6) is 0 Å². The predicted octanol–water partition coefficient (Wildman–Crippen LogP) is 4.01. The standard InChI is InChI=1S/C13H10Cl2FN3O.CH2F2/c1-7-4-10(9(15)5-8(7)14)19-12(20)6-11(16)18-3-2-17-13(18)19;2-1-3/h4-6H,2-3H2,1H3;1H2. The summed E-state index contributed by atoms with van der Waals surface area (Å²) < 4.78 is 33.0. The normalized spacial score (nSPS) is 16.5. The number of anilines is 1. The molecule has 0 N–H and O–H groups in total. The van der Waals surface area contributed by atoms with Crippen LogP contribution in [0.2, 0.25) is 10.0 Å². The van der Waals surface area contributed by atoms with E-state index in [-0.39, 0.29) is 5.96 Å². The topological polar surface area (TPSA) is 35.9 Å². The summed E-state index contributed by atoms with van der Waals surface area (Å²) in [5.41, 5.74) is 1.23. The zero-order valence-electron chi connectivity index (χ0n) is 12.0. The summed E-state index contributed by atoms with van der Waals surface area (Å²) in [6.45, 7) is 0.900. The van der Waals surface area contributed by atoms with Gasteiger partial charge in [0.15, 0.2) is 0 Å². The largest absolute Gasteiger partial charge is 0.286 e. The highest BCUT2D eigenvalue weighted by Crippen LogP contribution is 2.35. The van der Waals surface area contributed by atoms with E-state index in [1.54, 1.807) is 19.1 Å². The Morgan fingerprint density at radius 3 is 2.57 bits per heavy atom. The fourth-order valence-electron chi connectivity index (χ4n) is 2.21.